The summed E-state index contributed by atoms with van der Waals surface area (Å²) in [5, 5.41) is 2.76. The van der Waals surface area contributed by atoms with Crippen LogP contribution in [-0.2, 0) is 9.53 Å². The maximum Gasteiger partial charge on any atom is 0.407 e. The highest BCUT2D eigenvalue weighted by Gasteiger charge is 2.30. The van der Waals surface area contributed by atoms with Gasteiger partial charge in [-0.3, -0.25) is 4.79 Å². The van der Waals surface area contributed by atoms with Gasteiger partial charge in [0.15, 0.2) is 5.78 Å². The number of amides is 1. The molecule has 2 aromatic rings. The summed E-state index contributed by atoms with van der Waals surface area (Å²) in [7, 11) is 0. The van der Waals surface area contributed by atoms with Gasteiger partial charge in [-0.05, 0) is 28.2 Å². The third-order valence-corrected chi connectivity index (χ3v) is 5.16. The zero-order valence-corrected chi connectivity index (χ0v) is 16.4. The summed E-state index contributed by atoms with van der Waals surface area (Å²) in [5.41, 5.74) is 4.73. The fraction of sp³-hybridized carbons (Fsp3) is 0.391. The molecule has 4 heteroatoms. The zero-order valence-electron chi connectivity index (χ0n) is 16.4. The lowest BCUT2D eigenvalue weighted by molar-refractivity contribution is -0.124. The monoisotopic (exact) mass is 365 g/mol. The molecule has 0 saturated carbocycles. The van der Waals surface area contributed by atoms with Crippen molar-refractivity contribution in [2.24, 2.45) is 11.8 Å². The molecule has 0 heterocycles. The zero-order chi connectivity index (χ0) is 19.6. The van der Waals surface area contributed by atoms with E-state index in [1.165, 1.54) is 22.3 Å². The van der Waals surface area contributed by atoms with E-state index in [0.29, 0.717) is 0 Å². The van der Waals surface area contributed by atoms with Crippen molar-refractivity contribution in [1.82, 2.24) is 5.32 Å². The van der Waals surface area contributed by atoms with Crippen molar-refractivity contribution < 1.29 is 14.3 Å². The van der Waals surface area contributed by atoms with Gasteiger partial charge in [0.2, 0.25) is 0 Å². The number of benzene rings is 2. The molecule has 4 nitrogen and oxygen atoms in total. The summed E-state index contributed by atoms with van der Waals surface area (Å²) in [6.07, 6.45) is -0.537. The number of hydrogen-bond donors (Lipinski definition) is 1. The molecule has 1 amide bonds. The molecule has 0 saturated heterocycles. The van der Waals surface area contributed by atoms with E-state index >= 15 is 0 Å². The van der Waals surface area contributed by atoms with Gasteiger partial charge in [-0.1, -0.05) is 76.2 Å². The first-order chi connectivity index (χ1) is 12.9. The maximum atomic E-state index is 12.4. The Kier molecular flexibility index (Phi) is 5.64. The van der Waals surface area contributed by atoms with Crippen LogP contribution in [0.15, 0.2) is 48.5 Å². The lowest BCUT2D eigenvalue weighted by Crippen LogP contribution is -2.46. The van der Waals surface area contributed by atoms with Crippen LogP contribution in [0, 0.1) is 11.8 Å². The quantitative estimate of drug-likeness (QED) is 0.802. The van der Waals surface area contributed by atoms with Crippen molar-refractivity contribution in [3.8, 4) is 11.1 Å². The predicted octanol–water partition coefficient (Wildman–Crippen LogP) is 4.77. The Balaban J connectivity index is 1.71. The molecule has 1 aliphatic rings. The number of hydrogen-bond acceptors (Lipinski definition) is 3. The van der Waals surface area contributed by atoms with E-state index in [1.54, 1.807) is 0 Å². The predicted molar refractivity (Wildman–Crippen MR) is 107 cm³/mol. The summed E-state index contributed by atoms with van der Waals surface area (Å²) in [6.45, 7) is 7.79. The fourth-order valence-corrected chi connectivity index (χ4v) is 3.69. The van der Waals surface area contributed by atoms with Crippen molar-refractivity contribution in [2.75, 3.05) is 6.61 Å². The molecule has 1 atom stereocenters. The van der Waals surface area contributed by atoms with Crippen molar-refractivity contribution in [1.29, 1.82) is 0 Å². The average molecular weight is 365 g/mol. The maximum absolute atomic E-state index is 12.4. The molecule has 3 rings (SSSR count). The Bertz CT molecular complexity index is 796. The summed E-state index contributed by atoms with van der Waals surface area (Å²) in [6, 6.07) is 15.9. The molecule has 1 aliphatic carbocycles. The number of carbonyl (C=O) groups is 2. The number of alkyl carbamates (subject to hydrolysis) is 1. The SMILES string of the molecule is CC(C)C(=O)[C@@H](NC(=O)OCC1c2ccccc2-c2ccccc21)C(C)C. The van der Waals surface area contributed by atoms with E-state index in [0.717, 1.165) is 0 Å². The van der Waals surface area contributed by atoms with Crippen LogP contribution in [0.1, 0.15) is 44.7 Å². The number of fused-ring (bicyclic) bond motifs is 3. The average Bonchev–Trinajstić information content (AvgIpc) is 2.97. The molecular weight excluding hydrogens is 338 g/mol. The number of rotatable bonds is 6. The molecule has 2 aromatic carbocycles. The number of ketones is 1. The van der Waals surface area contributed by atoms with Gasteiger partial charge in [-0.15, -0.1) is 0 Å². The molecule has 0 radical (unpaired) electrons. The van der Waals surface area contributed by atoms with Gasteiger partial charge in [0.05, 0.1) is 6.04 Å². The van der Waals surface area contributed by atoms with Crippen LogP contribution in [0.4, 0.5) is 4.79 Å². The van der Waals surface area contributed by atoms with Gasteiger partial charge in [-0.25, -0.2) is 4.79 Å². The van der Waals surface area contributed by atoms with E-state index in [2.05, 4.69) is 29.6 Å². The molecule has 142 valence electrons. The molecule has 0 fully saturated rings. The molecular formula is C23H27NO3. The van der Waals surface area contributed by atoms with Gasteiger partial charge in [0.1, 0.15) is 6.61 Å². The molecule has 0 unspecified atom stereocenters. The fourth-order valence-electron chi connectivity index (χ4n) is 3.69. The minimum absolute atomic E-state index is 0.0142. The third kappa shape index (κ3) is 3.90. The first kappa shape index (κ1) is 19.2. The first-order valence-corrected chi connectivity index (χ1v) is 9.55. The van der Waals surface area contributed by atoms with E-state index in [1.807, 2.05) is 52.0 Å². The van der Waals surface area contributed by atoms with E-state index in [9.17, 15) is 9.59 Å². The molecule has 27 heavy (non-hydrogen) atoms. The van der Waals surface area contributed by atoms with Gasteiger partial charge < -0.3 is 10.1 Å². The topological polar surface area (TPSA) is 55.4 Å². The highest BCUT2D eigenvalue weighted by Crippen LogP contribution is 2.44. The lowest BCUT2D eigenvalue weighted by atomic mass is 9.93. The number of Topliss-reactive ketones (excluding diaryl/α,β-unsaturated/α-hetero) is 1. The van der Waals surface area contributed by atoms with E-state index in [4.69, 9.17) is 4.74 Å². The molecule has 0 aliphatic heterocycles. The minimum atomic E-state index is -0.537. The van der Waals surface area contributed by atoms with Crippen LogP contribution in [0.2, 0.25) is 0 Å². The van der Waals surface area contributed by atoms with Crippen molar-refractivity contribution in [3.63, 3.8) is 0 Å². The standard InChI is InChI=1S/C23H27NO3/c1-14(2)21(22(25)15(3)4)24-23(26)27-13-20-18-11-7-5-9-16(18)17-10-6-8-12-19(17)20/h5-12,14-15,20-21H,13H2,1-4H3,(H,24,26)/t21-/m0/s1. The number of carbonyl (C=O) groups excluding carboxylic acids is 2. The van der Waals surface area contributed by atoms with Crippen LogP contribution in [0.25, 0.3) is 11.1 Å². The Morgan fingerprint density at radius 3 is 1.93 bits per heavy atom. The van der Waals surface area contributed by atoms with Gasteiger partial charge >= 0.3 is 6.09 Å². The molecule has 0 bridgehead atoms. The van der Waals surface area contributed by atoms with Crippen LogP contribution >= 0.6 is 0 Å². The van der Waals surface area contributed by atoms with Crippen LogP contribution in [-0.4, -0.2) is 24.5 Å². The highest BCUT2D eigenvalue weighted by atomic mass is 16.5. The Morgan fingerprint density at radius 2 is 1.44 bits per heavy atom. The molecule has 1 N–H and O–H groups in total. The summed E-state index contributed by atoms with van der Waals surface area (Å²) >= 11 is 0. The Morgan fingerprint density at radius 1 is 0.926 bits per heavy atom. The third-order valence-electron chi connectivity index (χ3n) is 5.16. The molecule has 0 aromatic heterocycles. The van der Waals surface area contributed by atoms with Crippen molar-refractivity contribution >= 4 is 11.9 Å². The second-order valence-corrected chi connectivity index (χ2v) is 7.75. The first-order valence-electron chi connectivity index (χ1n) is 9.55. The van der Waals surface area contributed by atoms with Crippen LogP contribution in [0.3, 0.4) is 0 Å². The lowest BCUT2D eigenvalue weighted by Gasteiger charge is -2.23. The largest absolute Gasteiger partial charge is 0.449 e. The van der Waals surface area contributed by atoms with E-state index < -0.39 is 12.1 Å². The summed E-state index contributed by atoms with van der Waals surface area (Å²) in [4.78, 5) is 24.7. The molecule has 0 spiro atoms. The summed E-state index contributed by atoms with van der Waals surface area (Å²) in [5.74, 6) is -0.0772. The van der Waals surface area contributed by atoms with Crippen LogP contribution in [0.5, 0.6) is 0 Å². The Labute approximate surface area is 160 Å². The van der Waals surface area contributed by atoms with Gasteiger partial charge in [0, 0.05) is 11.8 Å². The highest BCUT2D eigenvalue weighted by molar-refractivity contribution is 5.89. The Hall–Kier alpha value is -2.62. The van der Waals surface area contributed by atoms with E-state index in [-0.39, 0.29) is 30.1 Å². The van der Waals surface area contributed by atoms with Crippen molar-refractivity contribution in [3.05, 3.63) is 59.7 Å². The normalized spacial score (nSPS) is 14.0. The van der Waals surface area contributed by atoms with Crippen LogP contribution < -0.4 is 5.32 Å². The smallest absolute Gasteiger partial charge is 0.407 e. The number of nitrogens with one attached hydrogen (secondary N) is 1. The minimum Gasteiger partial charge on any atom is -0.449 e. The second kappa shape index (κ2) is 7.95. The van der Waals surface area contributed by atoms with Gasteiger partial charge in [0.25, 0.3) is 0 Å². The van der Waals surface area contributed by atoms with Gasteiger partial charge in [-0.2, -0.15) is 0 Å². The second-order valence-electron chi connectivity index (χ2n) is 7.75. The number of ether oxygens (including phenoxy) is 1. The van der Waals surface area contributed by atoms with Crippen molar-refractivity contribution in [2.45, 2.75) is 39.7 Å². The summed E-state index contributed by atoms with van der Waals surface area (Å²) < 4.78 is 5.55.